The van der Waals surface area contributed by atoms with Gasteiger partial charge >= 0.3 is 5.97 Å². The molecule has 2 heterocycles. The molecule has 3 rings (SSSR count). The van der Waals surface area contributed by atoms with Crippen LogP contribution in [0.2, 0.25) is 0 Å². The largest absolute Gasteiger partial charge is 0.465 e. The number of methoxy groups -OCH3 is 1. The highest BCUT2D eigenvalue weighted by Gasteiger charge is 2.11. The van der Waals surface area contributed by atoms with E-state index in [0.717, 1.165) is 5.56 Å². The standard InChI is InChI=1S/C16H15N5O4/c1-10-7-14(19-25-10)17-15(22)9-21-8-13(18-20-21)11-3-5-12(6-4-11)16(23)24-2/h3-8H,9H2,1-2H3,(H,17,19,22). The minimum atomic E-state index is -0.407. The maximum Gasteiger partial charge on any atom is 0.337 e. The highest BCUT2D eigenvalue weighted by Crippen LogP contribution is 2.17. The highest BCUT2D eigenvalue weighted by atomic mass is 16.5. The van der Waals surface area contributed by atoms with Crippen molar-refractivity contribution in [2.45, 2.75) is 13.5 Å². The number of anilines is 1. The number of aryl methyl sites for hydroxylation is 1. The molecule has 1 N–H and O–H groups in total. The molecule has 0 atom stereocenters. The predicted octanol–water partition coefficient (Wildman–Crippen LogP) is 1.67. The number of amides is 1. The molecule has 0 fully saturated rings. The predicted molar refractivity (Wildman–Crippen MR) is 86.7 cm³/mol. The third-order valence-electron chi connectivity index (χ3n) is 3.34. The van der Waals surface area contributed by atoms with Gasteiger partial charge < -0.3 is 14.6 Å². The first-order valence-electron chi connectivity index (χ1n) is 7.37. The Kier molecular flexibility index (Phi) is 4.55. The number of nitrogens with one attached hydrogen (secondary N) is 1. The van der Waals surface area contributed by atoms with Crippen LogP contribution in [0.25, 0.3) is 11.3 Å². The fraction of sp³-hybridized carbons (Fsp3) is 0.188. The molecule has 1 aromatic carbocycles. The molecule has 0 spiro atoms. The Morgan fingerprint density at radius 2 is 2.04 bits per heavy atom. The summed E-state index contributed by atoms with van der Waals surface area (Å²) >= 11 is 0. The van der Waals surface area contributed by atoms with Crippen LogP contribution in [0, 0.1) is 6.92 Å². The van der Waals surface area contributed by atoms with Gasteiger partial charge in [0, 0.05) is 11.6 Å². The highest BCUT2D eigenvalue weighted by molar-refractivity contribution is 5.90. The minimum Gasteiger partial charge on any atom is -0.465 e. The van der Waals surface area contributed by atoms with Gasteiger partial charge in [-0.15, -0.1) is 5.10 Å². The second-order valence-corrected chi connectivity index (χ2v) is 5.24. The van der Waals surface area contributed by atoms with E-state index in [1.807, 2.05) is 0 Å². The zero-order valence-corrected chi connectivity index (χ0v) is 13.6. The Morgan fingerprint density at radius 3 is 2.68 bits per heavy atom. The molecule has 0 unspecified atom stereocenters. The van der Waals surface area contributed by atoms with Gasteiger partial charge in [0.25, 0.3) is 0 Å². The van der Waals surface area contributed by atoms with E-state index in [4.69, 9.17) is 4.52 Å². The molecule has 3 aromatic rings. The molecular weight excluding hydrogens is 326 g/mol. The molecular formula is C16H15N5O4. The van der Waals surface area contributed by atoms with Crippen LogP contribution in [0.5, 0.6) is 0 Å². The van der Waals surface area contributed by atoms with E-state index in [1.165, 1.54) is 11.8 Å². The van der Waals surface area contributed by atoms with Crippen LogP contribution in [0.4, 0.5) is 5.82 Å². The number of aromatic nitrogens is 4. The summed E-state index contributed by atoms with van der Waals surface area (Å²) in [6, 6.07) is 8.37. The van der Waals surface area contributed by atoms with Crippen LogP contribution in [0.1, 0.15) is 16.1 Å². The number of benzene rings is 1. The summed E-state index contributed by atoms with van der Waals surface area (Å²) in [6.45, 7) is 1.72. The maximum absolute atomic E-state index is 12.0. The van der Waals surface area contributed by atoms with Crippen LogP contribution < -0.4 is 5.32 Å². The average molecular weight is 341 g/mol. The van der Waals surface area contributed by atoms with Crippen molar-refractivity contribution in [1.29, 1.82) is 0 Å². The van der Waals surface area contributed by atoms with Gasteiger partial charge in [-0.2, -0.15) is 0 Å². The van der Waals surface area contributed by atoms with Crippen molar-refractivity contribution in [2.75, 3.05) is 12.4 Å². The van der Waals surface area contributed by atoms with E-state index in [1.54, 1.807) is 43.5 Å². The van der Waals surface area contributed by atoms with Crippen LogP contribution in [0.15, 0.2) is 41.1 Å². The van der Waals surface area contributed by atoms with E-state index in [0.29, 0.717) is 22.8 Å². The normalized spacial score (nSPS) is 10.5. The third-order valence-corrected chi connectivity index (χ3v) is 3.34. The topological polar surface area (TPSA) is 112 Å². The van der Waals surface area contributed by atoms with E-state index in [9.17, 15) is 9.59 Å². The molecule has 1 amide bonds. The summed E-state index contributed by atoms with van der Waals surface area (Å²) in [7, 11) is 1.33. The lowest BCUT2D eigenvalue weighted by Crippen LogP contribution is -2.19. The van der Waals surface area contributed by atoms with Gasteiger partial charge in [0.15, 0.2) is 5.82 Å². The molecule has 0 radical (unpaired) electrons. The lowest BCUT2D eigenvalue weighted by Gasteiger charge is -2.01. The zero-order valence-electron chi connectivity index (χ0n) is 13.6. The third kappa shape index (κ3) is 3.89. The number of rotatable bonds is 5. The summed E-state index contributed by atoms with van der Waals surface area (Å²) in [5.41, 5.74) is 1.80. The molecule has 0 saturated carbocycles. The van der Waals surface area contributed by atoms with Crippen molar-refractivity contribution in [3.05, 3.63) is 47.9 Å². The molecule has 9 nitrogen and oxygen atoms in total. The van der Waals surface area contributed by atoms with Crippen LogP contribution >= 0.6 is 0 Å². The molecule has 9 heteroatoms. The summed E-state index contributed by atoms with van der Waals surface area (Å²) in [4.78, 5) is 23.4. The maximum atomic E-state index is 12.0. The lowest BCUT2D eigenvalue weighted by atomic mass is 10.1. The van der Waals surface area contributed by atoms with Gasteiger partial charge in [0.1, 0.15) is 18.0 Å². The van der Waals surface area contributed by atoms with Gasteiger partial charge in [-0.1, -0.05) is 22.5 Å². The first kappa shape index (κ1) is 16.4. The van der Waals surface area contributed by atoms with Gasteiger partial charge in [-0.3, -0.25) is 4.79 Å². The summed E-state index contributed by atoms with van der Waals surface area (Å²) in [5.74, 6) is 0.246. The molecule has 25 heavy (non-hydrogen) atoms. The quantitative estimate of drug-likeness (QED) is 0.702. The first-order chi connectivity index (χ1) is 12.0. The number of ether oxygens (including phenoxy) is 1. The summed E-state index contributed by atoms with van der Waals surface area (Å²) in [5, 5.41) is 14.2. The number of nitrogens with zero attached hydrogens (tertiary/aromatic N) is 4. The van der Waals surface area contributed by atoms with Crippen molar-refractivity contribution in [3.8, 4) is 11.3 Å². The average Bonchev–Trinajstić information content (AvgIpc) is 3.23. The van der Waals surface area contributed by atoms with Gasteiger partial charge in [0.05, 0.1) is 18.9 Å². The van der Waals surface area contributed by atoms with Gasteiger partial charge in [-0.05, 0) is 19.1 Å². The zero-order chi connectivity index (χ0) is 17.8. The Hall–Kier alpha value is -3.49. The van der Waals surface area contributed by atoms with E-state index >= 15 is 0 Å². The monoisotopic (exact) mass is 341 g/mol. The Labute approximate surface area is 142 Å². The number of esters is 1. The number of hydrogen-bond acceptors (Lipinski definition) is 7. The first-order valence-corrected chi connectivity index (χ1v) is 7.37. The smallest absolute Gasteiger partial charge is 0.337 e. The van der Waals surface area contributed by atoms with Crippen LogP contribution in [-0.2, 0) is 16.1 Å². The fourth-order valence-corrected chi connectivity index (χ4v) is 2.16. The van der Waals surface area contributed by atoms with Gasteiger partial charge in [0.2, 0.25) is 5.91 Å². The van der Waals surface area contributed by atoms with Crippen molar-refractivity contribution in [1.82, 2.24) is 20.2 Å². The number of carbonyl (C=O) groups excluding carboxylic acids is 2. The Balaban J connectivity index is 1.65. The molecule has 0 bridgehead atoms. The summed E-state index contributed by atoms with van der Waals surface area (Å²) < 4.78 is 10.9. The molecule has 0 aliphatic rings. The molecule has 0 aliphatic heterocycles. The van der Waals surface area contributed by atoms with Crippen molar-refractivity contribution in [2.24, 2.45) is 0 Å². The van der Waals surface area contributed by atoms with Crippen molar-refractivity contribution in [3.63, 3.8) is 0 Å². The van der Waals surface area contributed by atoms with Crippen LogP contribution in [0.3, 0.4) is 0 Å². The van der Waals surface area contributed by atoms with Crippen LogP contribution in [-0.4, -0.2) is 39.1 Å². The molecule has 0 saturated heterocycles. The van der Waals surface area contributed by atoms with Crippen molar-refractivity contribution >= 4 is 17.7 Å². The number of carbonyl (C=O) groups is 2. The van der Waals surface area contributed by atoms with E-state index in [2.05, 4.69) is 25.5 Å². The second-order valence-electron chi connectivity index (χ2n) is 5.24. The lowest BCUT2D eigenvalue weighted by molar-refractivity contribution is -0.117. The van der Waals surface area contributed by atoms with Crippen molar-refractivity contribution < 1.29 is 18.8 Å². The molecule has 128 valence electrons. The van der Waals surface area contributed by atoms with Gasteiger partial charge in [-0.25, -0.2) is 9.48 Å². The Morgan fingerprint density at radius 1 is 1.28 bits per heavy atom. The SMILES string of the molecule is COC(=O)c1ccc(-c2cn(CC(=O)Nc3cc(C)on3)nn2)cc1. The summed E-state index contributed by atoms with van der Waals surface area (Å²) in [6.07, 6.45) is 1.64. The molecule has 2 aromatic heterocycles. The fourth-order valence-electron chi connectivity index (χ4n) is 2.16. The number of hydrogen-bond donors (Lipinski definition) is 1. The van der Waals surface area contributed by atoms with E-state index < -0.39 is 5.97 Å². The van der Waals surface area contributed by atoms with E-state index in [-0.39, 0.29) is 12.5 Å². The second kappa shape index (κ2) is 6.95. The Bertz CT molecular complexity index is 897. The molecule has 0 aliphatic carbocycles. The minimum absolute atomic E-state index is 0.0147.